The van der Waals surface area contributed by atoms with Crippen molar-refractivity contribution in [1.29, 1.82) is 0 Å². The number of halogens is 5. The second kappa shape index (κ2) is 5.41. The number of nitrogens with one attached hydrogen (secondary N) is 1. The van der Waals surface area contributed by atoms with Crippen molar-refractivity contribution >= 4 is 33.6 Å². The van der Waals surface area contributed by atoms with Crippen LogP contribution in [0, 0.1) is 5.82 Å². The third-order valence-electron chi connectivity index (χ3n) is 3.51. The maximum Gasteiger partial charge on any atom is 0.418 e. The number of hydrogen-bond acceptors (Lipinski definition) is 4. The normalized spacial score (nSPS) is 13.8. The molecule has 1 aliphatic heterocycles. The molecule has 6 nitrogen and oxygen atoms in total. The number of rotatable bonds is 1. The van der Waals surface area contributed by atoms with Gasteiger partial charge in [-0.3, -0.25) is 24.3 Å². The predicted octanol–water partition coefficient (Wildman–Crippen LogP) is 2.22. The highest BCUT2D eigenvalue weighted by Gasteiger charge is 2.38. The first-order valence-electron chi connectivity index (χ1n) is 6.50. The van der Waals surface area contributed by atoms with Gasteiger partial charge >= 0.3 is 6.18 Å². The summed E-state index contributed by atoms with van der Waals surface area (Å²) in [7, 11) is 0. The first-order valence-corrected chi connectivity index (χ1v) is 7.29. The summed E-state index contributed by atoms with van der Waals surface area (Å²) in [5, 5.41) is 1.86. The first-order chi connectivity index (χ1) is 11.5. The molecule has 1 aromatic heterocycles. The topological polar surface area (TPSA) is 94.2 Å². The zero-order chi connectivity index (χ0) is 18.7. The standard InChI is InChI=1S/C14H6BrF4N3O3/c15-4-1-6(14(17,18)19)10(7(16)2-4)22-8(23)3-5-9(11(22)20)13(25)21-12(5)24/h1-3H,20H2,(H,21,24,25). The Balaban J connectivity index is 2.45. The van der Waals surface area contributed by atoms with E-state index in [2.05, 4.69) is 15.9 Å². The minimum Gasteiger partial charge on any atom is -0.384 e. The van der Waals surface area contributed by atoms with Gasteiger partial charge in [0.2, 0.25) is 0 Å². The fourth-order valence-electron chi connectivity index (χ4n) is 2.52. The summed E-state index contributed by atoms with van der Waals surface area (Å²) in [4.78, 5) is 35.5. The molecular formula is C14H6BrF4N3O3. The summed E-state index contributed by atoms with van der Waals surface area (Å²) >= 11 is 2.75. The Bertz CT molecular complexity index is 1010. The van der Waals surface area contributed by atoms with E-state index in [-0.39, 0.29) is 14.6 Å². The fraction of sp³-hybridized carbons (Fsp3) is 0.0714. The third kappa shape index (κ3) is 2.60. The molecule has 0 saturated carbocycles. The summed E-state index contributed by atoms with van der Waals surface area (Å²) < 4.78 is 54.2. The van der Waals surface area contributed by atoms with Crippen molar-refractivity contribution in [2.75, 3.05) is 5.73 Å². The van der Waals surface area contributed by atoms with Crippen LogP contribution < -0.4 is 16.6 Å². The number of hydrogen-bond donors (Lipinski definition) is 2. The molecule has 2 amide bonds. The Morgan fingerprint density at radius 1 is 1.08 bits per heavy atom. The second-order valence-electron chi connectivity index (χ2n) is 5.06. The minimum absolute atomic E-state index is 0.207. The van der Waals surface area contributed by atoms with Crippen LogP contribution in [0.1, 0.15) is 26.3 Å². The predicted molar refractivity (Wildman–Crippen MR) is 80.9 cm³/mol. The van der Waals surface area contributed by atoms with Gasteiger partial charge in [0.1, 0.15) is 11.6 Å². The molecule has 0 unspecified atom stereocenters. The maximum atomic E-state index is 14.3. The molecule has 11 heteroatoms. The molecule has 25 heavy (non-hydrogen) atoms. The van der Waals surface area contributed by atoms with Crippen molar-refractivity contribution in [1.82, 2.24) is 9.88 Å². The van der Waals surface area contributed by atoms with Crippen LogP contribution >= 0.6 is 15.9 Å². The number of benzene rings is 1. The molecule has 0 spiro atoms. The molecule has 1 aromatic carbocycles. The van der Waals surface area contributed by atoms with E-state index < -0.39 is 52.0 Å². The lowest BCUT2D eigenvalue weighted by Gasteiger charge is -2.18. The molecule has 0 radical (unpaired) electrons. The van der Waals surface area contributed by atoms with Gasteiger partial charge in [0.05, 0.1) is 22.4 Å². The Labute approximate surface area is 144 Å². The Morgan fingerprint density at radius 2 is 1.72 bits per heavy atom. The summed E-state index contributed by atoms with van der Waals surface area (Å²) in [5.74, 6) is -4.06. The van der Waals surface area contributed by atoms with Gasteiger partial charge in [-0.15, -0.1) is 0 Å². The van der Waals surface area contributed by atoms with Gasteiger partial charge in [-0.05, 0) is 12.1 Å². The number of amides is 2. The number of aromatic nitrogens is 1. The number of fused-ring (bicyclic) bond motifs is 1. The molecule has 2 aromatic rings. The highest BCUT2D eigenvalue weighted by molar-refractivity contribution is 9.10. The van der Waals surface area contributed by atoms with Crippen LogP contribution in [0.5, 0.6) is 0 Å². The molecule has 130 valence electrons. The van der Waals surface area contributed by atoms with E-state index in [1.54, 1.807) is 0 Å². The second-order valence-corrected chi connectivity index (χ2v) is 5.97. The number of alkyl halides is 3. The van der Waals surface area contributed by atoms with E-state index in [1.165, 1.54) is 0 Å². The van der Waals surface area contributed by atoms with Crippen molar-refractivity contribution in [3.05, 3.63) is 55.5 Å². The van der Waals surface area contributed by atoms with Gasteiger partial charge in [0.25, 0.3) is 17.4 Å². The van der Waals surface area contributed by atoms with Crippen molar-refractivity contribution in [3.8, 4) is 5.69 Å². The monoisotopic (exact) mass is 419 g/mol. The lowest BCUT2D eigenvalue weighted by Crippen LogP contribution is -2.27. The van der Waals surface area contributed by atoms with E-state index in [9.17, 15) is 31.9 Å². The molecule has 3 N–H and O–H groups in total. The molecule has 0 fully saturated rings. The van der Waals surface area contributed by atoms with Crippen molar-refractivity contribution < 1.29 is 27.2 Å². The van der Waals surface area contributed by atoms with Gasteiger partial charge in [-0.1, -0.05) is 15.9 Å². The first kappa shape index (κ1) is 17.1. The molecule has 2 heterocycles. The van der Waals surface area contributed by atoms with Crippen LogP contribution in [0.15, 0.2) is 27.5 Å². The van der Waals surface area contributed by atoms with Crippen LogP contribution in [-0.2, 0) is 6.18 Å². The van der Waals surface area contributed by atoms with Gasteiger partial charge in [-0.25, -0.2) is 4.39 Å². The van der Waals surface area contributed by atoms with Crippen molar-refractivity contribution in [2.24, 2.45) is 0 Å². The molecule has 0 saturated heterocycles. The van der Waals surface area contributed by atoms with E-state index in [1.807, 2.05) is 5.32 Å². The smallest absolute Gasteiger partial charge is 0.384 e. The van der Waals surface area contributed by atoms with Gasteiger partial charge in [-0.2, -0.15) is 13.2 Å². The largest absolute Gasteiger partial charge is 0.418 e. The van der Waals surface area contributed by atoms with E-state index >= 15 is 0 Å². The highest BCUT2D eigenvalue weighted by Crippen LogP contribution is 2.38. The Morgan fingerprint density at radius 3 is 2.32 bits per heavy atom. The van der Waals surface area contributed by atoms with E-state index in [0.29, 0.717) is 12.1 Å². The minimum atomic E-state index is -5.01. The van der Waals surface area contributed by atoms with Crippen molar-refractivity contribution in [3.63, 3.8) is 0 Å². The van der Waals surface area contributed by atoms with E-state index in [0.717, 1.165) is 6.07 Å². The fourth-order valence-corrected chi connectivity index (χ4v) is 2.95. The van der Waals surface area contributed by atoms with Crippen LogP contribution in [0.3, 0.4) is 0 Å². The van der Waals surface area contributed by atoms with Gasteiger partial charge in [0, 0.05) is 10.5 Å². The molecule has 0 atom stereocenters. The number of nitrogens with two attached hydrogens (primary N) is 1. The third-order valence-corrected chi connectivity index (χ3v) is 3.97. The van der Waals surface area contributed by atoms with Crippen molar-refractivity contribution in [2.45, 2.75) is 6.18 Å². The average molecular weight is 420 g/mol. The average Bonchev–Trinajstić information content (AvgIpc) is 2.74. The maximum absolute atomic E-state index is 14.3. The summed E-state index contributed by atoms with van der Waals surface area (Å²) in [6, 6.07) is 1.92. The molecule has 1 aliphatic rings. The lowest BCUT2D eigenvalue weighted by atomic mass is 10.1. The Kier molecular flexibility index (Phi) is 3.71. The zero-order valence-electron chi connectivity index (χ0n) is 11.9. The Hall–Kier alpha value is -2.69. The van der Waals surface area contributed by atoms with Crippen LogP contribution in [0.2, 0.25) is 0 Å². The molecule has 0 bridgehead atoms. The zero-order valence-corrected chi connectivity index (χ0v) is 13.5. The highest BCUT2D eigenvalue weighted by atomic mass is 79.9. The number of imide groups is 1. The number of anilines is 1. The summed E-state index contributed by atoms with van der Waals surface area (Å²) in [6.45, 7) is 0. The van der Waals surface area contributed by atoms with Gasteiger partial charge < -0.3 is 5.73 Å². The van der Waals surface area contributed by atoms with Crippen LogP contribution in [0.4, 0.5) is 23.4 Å². The number of nitrogens with zero attached hydrogens (tertiary/aromatic N) is 1. The van der Waals surface area contributed by atoms with Crippen LogP contribution in [0.25, 0.3) is 5.69 Å². The number of carbonyl (C=O) groups excluding carboxylic acids is 2. The van der Waals surface area contributed by atoms with Gasteiger partial charge in [0.15, 0.2) is 0 Å². The number of pyridine rings is 1. The summed E-state index contributed by atoms with van der Waals surface area (Å²) in [5.41, 5.74) is 0.957. The summed E-state index contributed by atoms with van der Waals surface area (Å²) in [6.07, 6.45) is -5.01. The molecular weight excluding hydrogens is 414 g/mol. The van der Waals surface area contributed by atoms with E-state index in [4.69, 9.17) is 5.73 Å². The number of nitrogen functional groups attached to an aromatic ring is 1. The number of carbonyl (C=O) groups is 2. The quantitative estimate of drug-likeness (QED) is 0.547. The molecule has 0 aliphatic carbocycles. The SMILES string of the molecule is Nc1c2c(cc(=O)n1-c1c(F)cc(Br)cc1C(F)(F)F)C(=O)NC2=O. The molecule has 3 rings (SSSR count). The van der Waals surface area contributed by atoms with Crippen LogP contribution in [-0.4, -0.2) is 16.4 Å². The lowest BCUT2D eigenvalue weighted by molar-refractivity contribution is -0.137.